The van der Waals surface area contributed by atoms with Crippen LogP contribution in [0.5, 0.6) is 0 Å². The number of rotatable bonds is 11. The molecule has 3 aromatic rings. The molecule has 9 heteroatoms. The fourth-order valence-corrected chi connectivity index (χ4v) is 5.73. The summed E-state index contributed by atoms with van der Waals surface area (Å²) in [5.41, 5.74) is 1.55. The first-order valence-corrected chi connectivity index (χ1v) is 13.0. The fourth-order valence-electron chi connectivity index (χ4n) is 3.61. The summed E-state index contributed by atoms with van der Waals surface area (Å²) >= 11 is 1.62. The average molecular weight is 463 g/mol. The van der Waals surface area contributed by atoms with Gasteiger partial charge in [-0.1, -0.05) is 26.8 Å². The number of thiophene rings is 1. The number of hydrogen-bond donors (Lipinski definition) is 1. The number of nitrogens with zero attached hydrogens (tertiary/aromatic N) is 3. The highest BCUT2D eigenvalue weighted by molar-refractivity contribution is 7.89. The molecule has 168 valence electrons. The normalized spacial score (nSPS) is 12.0. The predicted molar refractivity (Wildman–Crippen MR) is 125 cm³/mol. The maximum Gasteiger partial charge on any atom is 0.243 e. The Morgan fingerprint density at radius 3 is 2.61 bits per heavy atom. The number of fused-ring (bicyclic) bond motifs is 1. The van der Waals surface area contributed by atoms with Crippen molar-refractivity contribution < 1.29 is 13.2 Å². The number of aryl methyl sites for hydroxylation is 2. The molecule has 0 spiro atoms. The van der Waals surface area contributed by atoms with E-state index in [-0.39, 0.29) is 10.8 Å². The molecule has 31 heavy (non-hydrogen) atoms. The largest absolute Gasteiger partial charge is 0.351 e. The number of amides is 1. The van der Waals surface area contributed by atoms with E-state index in [0.717, 1.165) is 29.2 Å². The lowest BCUT2D eigenvalue weighted by atomic mass is 10.2. The van der Waals surface area contributed by atoms with Crippen molar-refractivity contribution in [1.82, 2.24) is 19.2 Å². The molecule has 0 unspecified atom stereocenters. The number of nitrogens with one attached hydrogen (secondary N) is 1. The van der Waals surface area contributed by atoms with E-state index in [1.807, 2.05) is 37.4 Å². The molecule has 0 atom stereocenters. The Hall–Kier alpha value is -2.23. The number of hydrogen-bond acceptors (Lipinski definition) is 5. The van der Waals surface area contributed by atoms with Crippen molar-refractivity contribution in [3.8, 4) is 0 Å². The highest BCUT2D eigenvalue weighted by atomic mass is 32.2. The zero-order valence-corrected chi connectivity index (χ0v) is 19.9. The lowest BCUT2D eigenvalue weighted by Gasteiger charge is -2.18. The van der Waals surface area contributed by atoms with Gasteiger partial charge < -0.3 is 9.88 Å². The van der Waals surface area contributed by atoms with E-state index in [0.29, 0.717) is 38.0 Å². The van der Waals surface area contributed by atoms with Gasteiger partial charge >= 0.3 is 0 Å². The van der Waals surface area contributed by atoms with Gasteiger partial charge in [0, 0.05) is 37.4 Å². The number of imidazole rings is 1. The highest BCUT2D eigenvalue weighted by Crippen LogP contribution is 2.24. The van der Waals surface area contributed by atoms with Crippen LogP contribution >= 0.6 is 11.3 Å². The lowest BCUT2D eigenvalue weighted by molar-refractivity contribution is -0.121. The SMILES string of the molecule is CCCn1c(CCC(=O)NCc2cccs2)nc2cc(S(=O)(=O)N(CC)CC)ccc21. The van der Waals surface area contributed by atoms with Crippen LogP contribution in [0.25, 0.3) is 11.0 Å². The van der Waals surface area contributed by atoms with Crippen molar-refractivity contribution >= 4 is 38.3 Å². The van der Waals surface area contributed by atoms with Gasteiger partial charge in [-0.2, -0.15) is 4.31 Å². The summed E-state index contributed by atoms with van der Waals surface area (Å²) in [6, 6.07) is 9.09. The second kappa shape index (κ2) is 10.4. The van der Waals surface area contributed by atoms with E-state index in [9.17, 15) is 13.2 Å². The molecule has 0 saturated carbocycles. The van der Waals surface area contributed by atoms with Crippen molar-refractivity contribution in [2.24, 2.45) is 0 Å². The summed E-state index contributed by atoms with van der Waals surface area (Å²) in [5.74, 6) is 0.786. The lowest BCUT2D eigenvalue weighted by Crippen LogP contribution is -2.30. The molecule has 0 radical (unpaired) electrons. The molecular formula is C22H30N4O3S2. The third-order valence-electron chi connectivity index (χ3n) is 5.20. The summed E-state index contributed by atoms with van der Waals surface area (Å²) in [6.45, 7) is 7.90. The number of benzene rings is 1. The Morgan fingerprint density at radius 2 is 1.97 bits per heavy atom. The Labute approximate surface area is 188 Å². The first-order chi connectivity index (χ1) is 14.9. The second-order valence-electron chi connectivity index (χ2n) is 7.28. The van der Waals surface area contributed by atoms with Crippen LogP contribution in [0.4, 0.5) is 0 Å². The van der Waals surface area contributed by atoms with Gasteiger partial charge in [-0.3, -0.25) is 4.79 Å². The van der Waals surface area contributed by atoms with Crippen LogP contribution < -0.4 is 5.32 Å². The summed E-state index contributed by atoms with van der Waals surface area (Å²) in [6.07, 6.45) is 1.76. The van der Waals surface area contributed by atoms with E-state index < -0.39 is 10.0 Å². The molecule has 0 aliphatic heterocycles. The minimum absolute atomic E-state index is 0.0201. The number of carbonyl (C=O) groups excluding carboxylic acids is 1. The molecule has 1 amide bonds. The fraction of sp³-hybridized carbons (Fsp3) is 0.455. The number of aromatic nitrogens is 2. The van der Waals surface area contributed by atoms with Gasteiger partial charge in [-0.15, -0.1) is 11.3 Å². The third-order valence-corrected chi connectivity index (χ3v) is 8.13. The molecule has 1 N–H and O–H groups in total. The molecule has 0 fully saturated rings. The van der Waals surface area contributed by atoms with Gasteiger partial charge in [-0.25, -0.2) is 13.4 Å². The molecule has 2 aromatic heterocycles. The van der Waals surface area contributed by atoms with Crippen molar-refractivity contribution in [2.75, 3.05) is 13.1 Å². The van der Waals surface area contributed by atoms with Crippen LogP contribution in [0, 0.1) is 0 Å². The van der Waals surface area contributed by atoms with Gasteiger partial charge in [0.2, 0.25) is 15.9 Å². The Kier molecular flexibility index (Phi) is 7.85. The van der Waals surface area contributed by atoms with Crippen LogP contribution in [0.1, 0.15) is 44.3 Å². The van der Waals surface area contributed by atoms with Crippen LogP contribution in [-0.2, 0) is 34.3 Å². The smallest absolute Gasteiger partial charge is 0.243 e. The van der Waals surface area contributed by atoms with Crippen LogP contribution in [0.3, 0.4) is 0 Å². The van der Waals surface area contributed by atoms with E-state index in [1.165, 1.54) is 4.31 Å². The summed E-state index contributed by atoms with van der Waals surface area (Å²) in [5, 5.41) is 4.93. The van der Waals surface area contributed by atoms with Crippen molar-refractivity contribution in [2.45, 2.75) is 58.0 Å². The van der Waals surface area contributed by atoms with Crippen molar-refractivity contribution in [1.29, 1.82) is 0 Å². The topological polar surface area (TPSA) is 84.3 Å². The van der Waals surface area contributed by atoms with E-state index >= 15 is 0 Å². The van der Waals surface area contributed by atoms with Crippen molar-refractivity contribution in [3.63, 3.8) is 0 Å². The molecule has 0 saturated heterocycles. The monoisotopic (exact) mass is 462 g/mol. The number of carbonyl (C=O) groups is 1. The second-order valence-corrected chi connectivity index (χ2v) is 10.2. The molecule has 2 heterocycles. The first kappa shape index (κ1) is 23.4. The van der Waals surface area contributed by atoms with Gasteiger partial charge in [0.1, 0.15) is 5.82 Å². The zero-order valence-electron chi connectivity index (χ0n) is 18.3. The Morgan fingerprint density at radius 1 is 1.19 bits per heavy atom. The summed E-state index contributed by atoms with van der Waals surface area (Å²) in [7, 11) is -3.54. The van der Waals surface area contributed by atoms with Crippen LogP contribution in [0.15, 0.2) is 40.6 Å². The molecule has 1 aromatic carbocycles. The van der Waals surface area contributed by atoms with Gasteiger partial charge in [0.15, 0.2) is 0 Å². The van der Waals surface area contributed by atoms with Crippen LogP contribution in [0.2, 0.25) is 0 Å². The third kappa shape index (κ3) is 5.34. The Balaban J connectivity index is 1.80. The van der Waals surface area contributed by atoms with Gasteiger partial charge in [0.05, 0.1) is 22.5 Å². The summed E-state index contributed by atoms with van der Waals surface area (Å²) in [4.78, 5) is 18.4. The molecule has 0 aliphatic rings. The quantitative estimate of drug-likeness (QED) is 0.470. The minimum atomic E-state index is -3.54. The highest BCUT2D eigenvalue weighted by Gasteiger charge is 2.23. The maximum atomic E-state index is 12.9. The molecule has 0 bridgehead atoms. The molecular weight excluding hydrogens is 432 g/mol. The number of sulfonamides is 1. The standard InChI is InChI=1S/C22H30N4O3S2/c1-4-13-26-20-10-9-18(31(28,29)25(5-2)6-3)15-19(20)24-21(26)11-12-22(27)23-16-17-8-7-14-30-17/h7-10,14-15H,4-6,11-13,16H2,1-3H3,(H,23,27). The molecule has 7 nitrogen and oxygen atoms in total. The first-order valence-electron chi connectivity index (χ1n) is 10.7. The van der Waals surface area contributed by atoms with Crippen molar-refractivity contribution in [3.05, 3.63) is 46.4 Å². The predicted octanol–water partition coefficient (Wildman–Crippen LogP) is 3.79. The molecule has 3 rings (SSSR count). The Bertz CT molecular complexity index is 1120. The van der Waals surface area contributed by atoms with Gasteiger partial charge in [0.25, 0.3) is 0 Å². The van der Waals surface area contributed by atoms with E-state index in [2.05, 4.69) is 16.8 Å². The van der Waals surface area contributed by atoms with E-state index in [1.54, 1.807) is 23.5 Å². The minimum Gasteiger partial charge on any atom is -0.351 e. The van der Waals surface area contributed by atoms with Gasteiger partial charge in [-0.05, 0) is 36.1 Å². The molecule has 0 aliphatic carbocycles. The summed E-state index contributed by atoms with van der Waals surface area (Å²) < 4.78 is 29.3. The van der Waals surface area contributed by atoms with E-state index in [4.69, 9.17) is 4.98 Å². The average Bonchev–Trinajstić information content (AvgIpc) is 3.39. The van der Waals surface area contributed by atoms with Crippen LogP contribution in [-0.4, -0.2) is 41.3 Å². The maximum absolute atomic E-state index is 12.9. The zero-order chi connectivity index (χ0) is 22.4.